The van der Waals surface area contributed by atoms with Gasteiger partial charge in [0.05, 0.1) is 5.56 Å². The van der Waals surface area contributed by atoms with Gasteiger partial charge >= 0.3 is 12.1 Å². The van der Waals surface area contributed by atoms with Crippen LogP contribution in [0.5, 0.6) is 5.75 Å². The van der Waals surface area contributed by atoms with Crippen molar-refractivity contribution in [2.75, 3.05) is 13.7 Å². The monoisotopic (exact) mass is 467 g/mol. The van der Waals surface area contributed by atoms with Gasteiger partial charge in [-0.05, 0) is 66.7 Å². The quantitative estimate of drug-likeness (QED) is 0.323. The summed E-state index contributed by atoms with van der Waals surface area (Å²) in [5.74, 6) is -1.05. The molecule has 0 spiro atoms. The van der Waals surface area contributed by atoms with Crippen LogP contribution in [-0.4, -0.2) is 24.7 Å². The summed E-state index contributed by atoms with van der Waals surface area (Å²) in [6.45, 7) is 0.0336. The highest BCUT2D eigenvalue weighted by molar-refractivity contribution is 7.80. The largest absolute Gasteiger partial charge is 0.481 e. The van der Waals surface area contributed by atoms with Crippen LogP contribution in [0.25, 0.3) is 11.1 Å². The summed E-state index contributed by atoms with van der Waals surface area (Å²) in [5, 5.41) is 11.7. The van der Waals surface area contributed by atoms with E-state index in [4.69, 9.17) is 9.84 Å². The first kappa shape index (κ1) is 25.2. The summed E-state index contributed by atoms with van der Waals surface area (Å²) in [5.41, 5.74) is 1.21. The number of carboxylic acid groups (broad SMARTS) is 1. The van der Waals surface area contributed by atoms with E-state index >= 15 is 0 Å². The zero-order valence-corrected chi connectivity index (χ0v) is 17.9. The molecule has 32 heavy (non-hydrogen) atoms. The number of benzene rings is 3. The molecule has 0 saturated carbocycles. The van der Waals surface area contributed by atoms with Crippen LogP contribution in [0.15, 0.2) is 71.6 Å². The van der Waals surface area contributed by atoms with E-state index in [-0.39, 0.29) is 5.82 Å². The molecule has 0 atom stereocenters. The maximum absolute atomic E-state index is 12.7. The molecule has 3 aromatic rings. The van der Waals surface area contributed by atoms with Crippen LogP contribution in [0.4, 0.5) is 17.6 Å². The summed E-state index contributed by atoms with van der Waals surface area (Å²) in [4.78, 5) is 11.5. The molecule has 0 fully saturated rings. The maximum atomic E-state index is 12.7. The average molecular weight is 467 g/mol. The van der Waals surface area contributed by atoms with Gasteiger partial charge in [-0.25, -0.2) is 9.18 Å². The molecule has 3 aromatic carbocycles. The van der Waals surface area contributed by atoms with Gasteiger partial charge in [0.25, 0.3) is 0 Å². The third kappa shape index (κ3) is 7.90. The zero-order chi connectivity index (χ0) is 23.7. The predicted molar refractivity (Wildman–Crippen MR) is 116 cm³/mol. The first-order valence-corrected chi connectivity index (χ1v) is 9.79. The van der Waals surface area contributed by atoms with Crippen molar-refractivity contribution in [3.63, 3.8) is 0 Å². The number of halogens is 4. The van der Waals surface area contributed by atoms with Crippen molar-refractivity contribution >= 4 is 18.6 Å². The van der Waals surface area contributed by atoms with Crippen molar-refractivity contribution in [2.45, 2.75) is 17.6 Å². The minimum Gasteiger partial charge on any atom is -0.481 e. The Hall–Kier alpha value is -3.04. The van der Waals surface area contributed by atoms with Gasteiger partial charge in [-0.3, -0.25) is 0 Å². The molecule has 0 heterocycles. The highest BCUT2D eigenvalue weighted by Gasteiger charge is 2.30. The van der Waals surface area contributed by atoms with Gasteiger partial charge in [-0.1, -0.05) is 18.2 Å². The molecule has 0 aliphatic carbocycles. The van der Waals surface area contributed by atoms with Gasteiger partial charge in [0.15, 0.2) is 6.61 Å². The molecule has 2 N–H and O–H groups in total. The van der Waals surface area contributed by atoms with Gasteiger partial charge in [0, 0.05) is 17.0 Å². The number of alkyl halides is 3. The maximum Gasteiger partial charge on any atom is 0.416 e. The van der Waals surface area contributed by atoms with E-state index in [1.165, 1.54) is 24.3 Å². The Labute approximate surface area is 188 Å². The third-order valence-corrected chi connectivity index (χ3v) is 4.42. The lowest BCUT2D eigenvalue weighted by molar-refractivity contribution is -0.139. The Bertz CT molecular complexity index is 1000. The number of hydrogen-bond donors (Lipinski definition) is 3. The summed E-state index contributed by atoms with van der Waals surface area (Å²) in [6.07, 6.45) is -4.41. The Morgan fingerprint density at radius 3 is 2.16 bits per heavy atom. The van der Waals surface area contributed by atoms with Crippen molar-refractivity contribution in [3.05, 3.63) is 83.7 Å². The summed E-state index contributed by atoms with van der Waals surface area (Å²) in [6, 6.07) is 15.8. The Morgan fingerprint density at radius 1 is 1.03 bits per heavy atom. The molecule has 9 heteroatoms. The lowest BCUT2D eigenvalue weighted by atomic mass is 10.0. The Kier molecular flexibility index (Phi) is 9.10. The van der Waals surface area contributed by atoms with Crippen LogP contribution in [0.1, 0.15) is 11.1 Å². The van der Waals surface area contributed by atoms with E-state index < -0.39 is 24.3 Å². The minimum absolute atomic E-state index is 0.220. The molecular formula is C23H21F4NO3S. The lowest BCUT2D eigenvalue weighted by Gasteiger charge is -2.13. The molecule has 0 aliphatic heterocycles. The van der Waals surface area contributed by atoms with Crippen LogP contribution < -0.4 is 10.1 Å². The number of nitrogens with one attached hydrogen (secondary N) is 1. The summed E-state index contributed by atoms with van der Waals surface area (Å²) < 4.78 is 55.3. The predicted octanol–water partition coefficient (Wildman–Crippen LogP) is 5.67. The van der Waals surface area contributed by atoms with Gasteiger partial charge in [0.2, 0.25) is 0 Å². The molecule has 170 valence electrons. The summed E-state index contributed by atoms with van der Waals surface area (Å²) >= 11 is 3.97. The smallest absolute Gasteiger partial charge is 0.416 e. The number of rotatable bonds is 6. The average Bonchev–Trinajstić information content (AvgIpc) is 2.75. The van der Waals surface area contributed by atoms with Crippen LogP contribution in [0.3, 0.4) is 0 Å². The van der Waals surface area contributed by atoms with E-state index in [1.54, 1.807) is 37.4 Å². The van der Waals surface area contributed by atoms with E-state index in [9.17, 15) is 22.4 Å². The molecule has 0 aromatic heterocycles. The van der Waals surface area contributed by atoms with E-state index in [2.05, 4.69) is 17.9 Å². The minimum atomic E-state index is -4.41. The van der Waals surface area contributed by atoms with Gasteiger partial charge in [-0.15, -0.1) is 12.6 Å². The van der Waals surface area contributed by atoms with Gasteiger partial charge < -0.3 is 15.2 Å². The number of hydrogen-bond acceptors (Lipinski definition) is 4. The van der Waals surface area contributed by atoms with Crippen molar-refractivity contribution in [1.29, 1.82) is 0 Å². The second-order valence-corrected chi connectivity index (χ2v) is 7.11. The first-order valence-electron chi connectivity index (χ1n) is 9.34. The fourth-order valence-corrected chi connectivity index (χ4v) is 2.81. The van der Waals surface area contributed by atoms with Crippen LogP contribution >= 0.6 is 12.6 Å². The standard InChI is InChI=1S/C17H16F3NO3.C6H5FS/c1-21-9-11-2-7-15(24-10-16(22)23)14(8-11)12-3-5-13(6-4-12)17(18,19)20;7-5-1-3-6(8)4-2-5/h2-8,21H,9-10H2,1H3,(H,22,23);1-4,8H. The Balaban J connectivity index is 0.000000380. The van der Waals surface area contributed by atoms with Crippen LogP contribution in [0, 0.1) is 5.82 Å². The van der Waals surface area contributed by atoms with Crippen molar-refractivity contribution in [2.24, 2.45) is 0 Å². The topological polar surface area (TPSA) is 58.6 Å². The molecule has 0 amide bonds. The molecule has 0 radical (unpaired) electrons. The molecule has 3 rings (SSSR count). The molecular weight excluding hydrogens is 446 g/mol. The van der Waals surface area contributed by atoms with E-state index in [1.807, 2.05) is 0 Å². The van der Waals surface area contributed by atoms with Gasteiger partial charge in [-0.2, -0.15) is 13.2 Å². The Morgan fingerprint density at radius 2 is 1.66 bits per heavy atom. The van der Waals surface area contributed by atoms with Crippen molar-refractivity contribution < 1.29 is 32.2 Å². The highest BCUT2D eigenvalue weighted by Crippen LogP contribution is 2.34. The second kappa shape index (κ2) is 11.5. The van der Waals surface area contributed by atoms with E-state index in [0.29, 0.717) is 23.4 Å². The van der Waals surface area contributed by atoms with Crippen molar-refractivity contribution in [3.8, 4) is 16.9 Å². The first-order chi connectivity index (χ1) is 15.1. The molecule has 0 bridgehead atoms. The second-order valence-electron chi connectivity index (χ2n) is 6.59. The van der Waals surface area contributed by atoms with E-state index in [0.717, 1.165) is 22.6 Å². The number of ether oxygens (including phenoxy) is 1. The number of thiol groups is 1. The fraction of sp³-hybridized carbons (Fsp3) is 0.174. The molecule has 0 saturated heterocycles. The van der Waals surface area contributed by atoms with Crippen molar-refractivity contribution in [1.82, 2.24) is 5.32 Å². The van der Waals surface area contributed by atoms with Crippen LogP contribution in [-0.2, 0) is 17.5 Å². The molecule has 0 unspecified atom stereocenters. The fourth-order valence-electron chi connectivity index (χ4n) is 2.66. The normalized spacial score (nSPS) is 10.8. The zero-order valence-electron chi connectivity index (χ0n) is 17.0. The number of carbonyl (C=O) groups is 1. The number of aliphatic carboxylic acids is 1. The lowest BCUT2D eigenvalue weighted by Crippen LogP contribution is -2.11. The van der Waals surface area contributed by atoms with Gasteiger partial charge in [0.1, 0.15) is 11.6 Å². The SMILES string of the molecule is CNCc1ccc(OCC(=O)O)c(-c2ccc(C(F)(F)F)cc2)c1.Fc1ccc(S)cc1. The third-order valence-electron chi connectivity index (χ3n) is 4.13. The highest BCUT2D eigenvalue weighted by atomic mass is 32.1. The number of carboxylic acids is 1. The summed E-state index contributed by atoms with van der Waals surface area (Å²) in [7, 11) is 1.77. The molecule has 0 aliphatic rings. The van der Waals surface area contributed by atoms with Crippen LogP contribution in [0.2, 0.25) is 0 Å². The molecule has 4 nitrogen and oxygen atoms in total.